The minimum Gasteiger partial charge on any atom is -0.462 e. The number of carbonyl (C=O) groups excluding carboxylic acids is 2. The van der Waals surface area contributed by atoms with E-state index in [1.165, 1.54) is 238 Å². The van der Waals surface area contributed by atoms with Crippen molar-refractivity contribution in [2.75, 3.05) is 13.2 Å². The number of allylic oxidation sites excluding steroid dienone is 6. The number of ether oxygens (including phenoxy) is 2. The van der Waals surface area contributed by atoms with Crippen LogP contribution in [0.5, 0.6) is 0 Å². The van der Waals surface area contributed by atoms with E-state index < -0.39 is 6.10 Å². The third-order valence-corrected chi connectivity index (χ3v) is 12.9. The van der Waals surface area contributed by atoms with Gasteiger partial charge in [0.05, 0.1) is 6.61 Å². The summed E-state index contributed by atoms with van der Waals surface area (Å²) >= 11 is 0. The highest BCUT2D eigenvalue weighted by atomic mass is 16.6. The predicted molar refractivity (Wildman–Crippen MR) is 279 cm³/mol. The molecule has 1 N–H and O–H groups in total. The van der Waals surface area contributed by atoms with Crippen molar-refractivity contribution in [2.45, 2.75) is 315 Å². The molecule has 1 unspecified atom stereocenters. The summed E-state index contributed by atoms with van der Waals surface area (Å²) in [4.78, 5) is 24.5. The molecule has 0 aromatic rings. The zero-order chi connectivity index (χ0) is 46.3. The molecule has 0 spiro atoms. The Bertz CT molecular complexity index is 1020. The molecule has 0 heterocycles. The summed E-state index contributed by atoms with van der Waals surface area (Å²) in [6, 6.07) is 0. The van der Waals surface area contributed by atoms with Gasteiger partial charge >= 0.3 is 11.9 Å². The monoisotopic (exact) mass is 899 g/mol. The Morgan fingerprint density at radius 3 is 0.938 bits per heavy atom. The lowest BCUT2D eigenvalue weighted by molar-refractivity contribution is -0.161. The maximum Gasteiger partial charge on any atom is 0.306 e. The molecular formula is C59H110O5. The SMILES string of the molecule is CCCCCCC/C=C\C/C=C\C/C=C\CCCCCCCCCCCCCCCCCCCCC(=O)OC(CO)COC(=O)CCCCCCCCCCCCCCCCCCC. The summed E-state index contributed by atoms with van der Waals surface area (Å²) in [5, 5.41) is 9.64. The van der Waals surface area contributed by atoms with E-state index in [2.05, 4.69) is 50.3 Å². The third kappa shape index (κ3) is 52.7. The van der Waals surface area contributed by atoms with Crippen LogP contribution in [0.3, 0.4) is 0 Å². The number of esters is 2. The van der Waals surface area contributed by atoms with Crippen LogP contribution in [0.25, 0.3) is 0 Å². The van der Waals surface area contributed by atoms with Crippen molar-refractivity contribution < 1.29 is 24.2 Å². The first-order chi connectivity index (χ1) is 31.6. The molecule has 5 heteroatoms. The molecule has 0 rings (SSSR count). The quantitative estimate of drug-likeness (QED) is 0.0374. The smallest absolute Gasteiger partial charge is 0.306 e. The molecular weight excluding hydrogens is 789 g/mol. The number of carbonyl (C=O) groups is 2. The lowest BCUT2D eigenvalue weighted by atomic mass is 10.0. The molecule has 0 aliphatic heterocycles. The third-order valence-electron chi connectivity index (χ3n) is 12.9. The zero-order valence-electron chi connectivity index (χ0n) is 43.1. The Balaban J connectivity index is 3.42. The van der Waals surface area contributed by atoms with Crippen molar-refractivity contribution in [3.63, 3.8) is 0 Å². The fraction of sp³-hybridized carbons (Fsp3) is 0.864. The average Bonchev–Trinajstić information content (AvgIpc) is 3.30. The van der Waals surface area contributed by atoms with Crippen LogP contribution in [0.1, 0.15) is 309 Å². The number of rotatable bonds is 53. The first-order valence-electron chi connectivity index (χ1n) is 28.5. The van der Waals surface area contributed by atoms with Crippen LogP contribution >= 0.6 is 0 Å². The van der Waals surface area contributed by atoms with Crippen LogP contribution in [-0.2, 0) is 19.1 Å². The minimum atomic E-state index is -0.768. The van der Waals surface area contributed by atoms with Gasteiger partial charge in [-0.2, -0.15) is 0 Å². The maximum atomic E-state index is 12.3. The van der Waals surface area contributed by atoms with Gasteiger partial charge in [0, 0.05) is 12.8 Å². The van der Waals surface area contributed by atoms with Gasteiger partial charge in [-0.05, 0) is 51.4 Å². The van der Waals surface area contributed by atoms with Crippen LogP contribution < -0.4 is 0 Å². The number of hydrogen-bond acceptors (Lipinski definition) is 5. The standard InChI is InChI=1S/C59H110O5/c1-3-5-7-9-11-13-15-17-19-21-22-23-24-25-26-27-28-29-30-31-32-33-34-35-36-38-40-42-44-46-48-50-52-54-59(62)64-57(55-60)56-63-58(61)53-51-49-47-45-43-41-39-37-20-18-16-14-12-10-8-6-4-2/h15,17,21-22,24-25,57,60H,3-14,16,18-20,23,26-56H2,1-2H3/b17-15-,22-21-,25-24-. The van der Waals surface area contributed by atoms with E-state index in [-0.39, 0.29) is 25.2 Å². The topological polar surface area (TPSA) is 72.8 Å². The van der Waals surface area contributed by atoms with Crippen LogP contribution in [0.2, 0.25) is 0 Å². The first-order valence-corrected chi connectivity index (χ1v) is 28.5. The van der Waals surface area contributed by atoms with E-state index in [0.717, 1.165) is 44.9 Å². The number of aliphatic hydroxyl groups is 1. The normalized spacial score (nSPS) is 12.4. The molecule has 376 valence electrons. The fourth-order valence-corrected chi connectivity index (χ4v) is 8.62. The van der Waals surface area contributed by atoms with Gasteiger partial charge in [-0.1, -0.05) is 281 Å². The largest absolute Gasteiger partial charge is 0.462 e. The van der Waals surface area contributed by atoms with Crippen LogP contribution in [0.15, 0.2) is 36.5 Å². The van der Waals surface area contributed by atoms with Gasteiger partial charge in [0.15, 0.2) is 6.10 Å². The second-order valence-corrected chi connectivity index (χ2v) is 19.4. The van der Waals surface area contributed by atoms with Crippen molar-refractivity contribution in [3.8, 4) is 0 Å². The molecule has 0 radical (unpaired) electrons. The molecule has 0 bridgehead atoms. The lowest BCUT2D eigenvalue weighted by Gasteiger charge is -2.15. The summed E-state index contributed by atoms with van der Waals surface area (Å²) in [5.41, 5.74) is 0. The van der Waals surface area contributed by atoms with Crippen molar-refractivity contribution in [1.82, 2.24) is 0 Å². The molecule has 0 fully saturated rings. The highest BCUT2D eigenvalue weighted by Crippen LogP contribution is 2.17. The summed E-state index contributed by atoms with van der Waals surface area (Å²) in [6.45, 7) is 4.17. The predicted octanol–water partition coefficient (Wildman–Crippen LogP) is 19.1. The molecule has 0 saturated carbocycles. The van der Waals surface area contributed by atoms with E-state index in [4.69, 9.17) is 9.47 Å². The van der Waals surface area contributed by atoms with Crippen LogP contribution in [-0.4, -0.2) is 36.4 Å². The van der Waals surface area contributed by atoms with E-state index in [0.29, 0.717) is 12.8 Å². The highest BCUT2D eigenvalue weighted by molar-refractivity contribution is 5.70. The van der Waals surface area contributed by atoms with Gasteiger partial charge < -0.3 is 14.6 Å². The summed E-state index contributed by atoms with van der Waals surface area (Å²) < 4.78 is 10.7. The van der Waals surface area contributed by atoms with Gasteiger partial charge in [0.25, 0.3) is 0 Å². The Hall–Kier alpha value is -1.88. The molecule has 0 aromatic heterocycles. The number of aliphatic hydroxyl groups excluding tert-OH is 1. The van der Waals surface area contributed by atoms with Crippen molar-refractivity contribution in [2.24, 2.45) is 0 Å². The van der Waals surface area contributed by atoms with E-state index in [1.54, 1.807) is 0 Å². The number of hydrogen-bond donors (Lipinski definition) is 1. The number of unbranched alkanes of at least 4 members (excludes halogenated alkanes) is 39. The van der Waals surface area contributed by atoms with Crippen molar-refractivity contribution in [3.05, 3.63) is 36.5 Å². The van der Waals surface area contributed by atoms with Crippen molar-refractivity contribution in [1.29, 1.82) is 0 Å². The van der Waals surface area contributed by atoms with Gasteiger partial charge in [-0.15, -0.1) is 0 Å². The van der Waals surface area contributed by atoms with E-state index in [9.17, 15) is 14.7 Å². The molecule has 0 saturated heterocycles. The molecule has 64 heavy (non-hydrogen) atoms. The molecule has 1 atom stereocenters. The maximum absolute atomic E-state index is 12.3. The lowest BCUT2D eigenvalue weighted by Crippen LogP contribution is -2.28. The van der Waals surface area contributed by atoms with Crippen LogP contribution in [0.4, 0.5) is 0 Å². The Labute approximate surface area is 399 Å². The first kappa shape index (κ1) is 62.1. The molecule has 0 aliphatic carbocycles. The van der Waals surface area contributed by atoms with Crippen LogP contribution in [0, 0.1) is 0 Å². The second-order valence-electron chi connectivity index (χ2n) is 19.4. The second kappa shape index (κ2) is 55.4. The summed E-state index contributed by atoms with van der Waals surface area (Å²) in [7, 11) is 0. The summed E-state index contributed by atoms with van der Waals surface area (Å²) in [6.07, 6.45) is 71.2. The highest BCUT2D eigenvalue weighted by Gasteiger charge is 2.16. The van der Waals surface area contributed by atoms with E-state index >= 15 is 0 Å². The van der Waals surface area contributed by atoms with Gasteiger partial charge in [-0.25, -0.2) is 0 Å². The zero-order valence-corrected chi connectivity index (χ0v) is 43.1. The Morgan fingerprint density at radius 2 is 0.625 bits per heavy atom. The molecule has 0 amide bonds. The molecule has 5 nitrogen and oxygen atoms in total. The van der Waals surface area contributed by atoms with Gasteiger partial charge in [-0.3, -0.25) is 9.59 Å². The van der Waals surface area contributed by atoms with Crippen molar-refractivity contribution >= 4 is 11.9 Å². The molecule has 0 aromatic carbocycles. The van der Waals surface area contributed by atoms with Gasteiger partial charge in [0.2, 0.25) is 0 Å². The summed E-state index contributed by atoms with van der Waals surface area (Å²) in [5.74, 6) is -0.572. The van der Waals surface area contributed by atoms with Gasteiger partial charge in [0.1, 0.15) is 6.61 Å². The average molecular weight is 900 g/mol. The Kier molecular flexibility index (Phi) is 53.8. The fourth-order valence-electron chi connectivity index (χ4n) is 8.62. The molecule has 0 aliphatic rings. The minimum absolute atomic E-state index is 0.0596. The Morgan fingerprint density at radius 1 is 0.359 bits per heavy atom. The van der Waals surface area contributed by atoms with E-state index in [1.807, 2.05) is 0 Å².